The van der Waals surface area contributed by atoms with Crippen LogP contribution in [0.3, 0.4) is 0 Å². The molecular weight excluding hydrogens is 256 g/mol. The molecule has 6 heteroatoms. The summed E-state index contributed by atoms with van der Waals surface area (Å²) >= 11 is 0. The van der Waals surface area contributed by atoms with E-state index in [1.807, 2.05) is 33.8 Å². The highest BCUT2D eigenvalue weighted by Crippen LogP contribution is 2.25. The summed E-state index contributed by atoms with van der Waals surface area (Å²) < 4.78 is 1.64. The van der Waals surface area contributed by atoms with Crippen LogP contribution in [0.5, 0.6) is 0 Å². The van der Waals surface area contributed by atoms with Crippen molar-refractivity contribution >= 4 is 5.97 Å². The lowest BCUT2D eigenvalue weighted by Gasteiger charge is -2.20. The number of rotatable bonds is 3. The number of aromatic carboxylic acids is 1. The van der Waals surface area contributed by atoms with Crippen LogP contribution in [0.15, 0.2) is 18.5 Å². The Labute approximate surface area is 117 Å². The van der Waals surface area contributed by atoms with Gasteiger partial charge in [-0.2, -0.15) is 0 Å². The van der Waals surface area contributed by atoms with Crippen molar-refractivity contribution in [3.63, 3.8) is 0 Å². The molecule has 2 rings (SSSR count). The van der Waals surface area contributed by atoms with Crippen LogP contribution in [0, 0.1) is 6.92 Å². The molecule has 0 bridgehead atoms. The molecule has 0 aliphatic carbocycles. The van der Waals surface area contributed by atoms with E-state index in [4.69, 9.17) is 0 Å². The molecule has 1 N–H and O–H groups in total. The van der Waals surface area contributed by atoms with Crippen LogP contribution in [0.2, 0.25) is 0 Å². The van der Waals surface area contributed by atoms with Gasteiger partial charge in [-0.1, -0.05) is 32.1 Å². The van der Waals surface area contributed by atoms with Crippen LogP contribution in [-0.4, -0.2) is 31.1 Å². The summed E-state index contributed by atoms with van der Waals surface area (Å²) in [4.78, 5) is 15.4. The van der Waals surface area contributed by atoms with Crippen LogP contribution >= 0.6 is 0 Å². The predicted octanol–water partition coefficient (Wildman–Crippen LogP) is 2.03. The summed E-state index contributed by atoms with van der Waals surface area (Å²) in [6, 6.07) is 2.00. The highest BCUT2D eigenvalue weighted by molar-refractivity contribution is 5.86. The maximum atomic E-state index is 11.3. The lowest BCUT2D eigenvalue weighted by Crippen LogP contribution is -2.22. The van der Waals surface area contributed by atoms with E-state index in [0.29, 0.717) is 12.2 Å². The minimum atomic E-state index is -1.05. The molecular formula is C14H18N4O2. The second kappa shape index (κ2) is 5.03. The van der Waals surface area contributed by atoms with E-state index in [0.717, 1.165) is 11.1 Å². The number of pyridine rings is 1. The Balaban J connectivity index is 2.45. The van der Waals surface area contributed by atoms with Gasteiger partial charge < -0.3 is 5.11 Å². The normalized spacial score (nSPS) is 11.6. The smallest absolute Gasteiger partial charge is 0.358 e. The van der Waals surface area contributed by atoms with Crippen LogP contribution in [-0.2, 0) is 12.0 Å². The fourth-order valence-electron chi connectivity index (χ4n) is 2.19. The maximum Gasteiger partial charge on any atom is 0.358 e. The first kappa shape index (κ1) is 14.2. The number of hydrogen-bond donors (Lipinski definition) is 1. The molecule has 0 aromatic carbocycles. The minimum Gasteiger partial charge on any atom is -0.476 e. The first-order chi connectivity index (χ1) is 9.29. The van der Waals surface area contributed by atoms with Gasteiger partial charge >= 0.3 is 5.97 Å². The first-order valence-electron chi connectivity index (χ1n) is 6.37. The Hall–Kier alpha value is -2.24. The fourth-order valence-corrected chi connectivity index (χ4v) is 2.19. The number of carbonyl (C=O) groups is 1. The van der Waals surface area contributed by atoms with Crippen molar-refractivity contribution < 1.29 is 9.90 Å². The summed E-state index contributed by atoms with van der Waals surface area (Å²) in [5.41, 5.74) is 2.30. The lowest BCUT2D eigenvalue weighted by atomic mass is 9.90. The fraction of sp³-hybridized carbons (Fsp3) is 0.429. The lowest BCUT2D eigenvalue weighted by molar-refractivity contribution is 0.0687. The average molecular weight is 274 g/mol. The van der Waals surface area contributed by atoms with Crippen LogP contribution < -0.4 is 0 Å². The summed E-state index contributed by atoms with van der Waals surface area (Å²) in [7, 11) is 0. The first-order valence-corrected chi connectivity index (χ1v) is 6.37. The molecule has 0 aliphatic heterocycles. The molecule has 20 heavy (non-hydrogen) atoms. The van der Waals surface area contributed by atoms with Crippen molar-refractivity contribution in [2.75, 3.05) is 0 Å². The van der Waals surface area contributed by atoms with E-state index in [2.05, 4.69) is 15.3 Å². The number of hydrogen-bond acceptors (Lipinski definition) is 4. The Morgan fingerprint density at radius 3 is 2.60 bits per heavy atom. The molecule has 0 spiro atoms. The molecule has 0 radical (unpaired) electrons. The molecule has 0 atom stereocenters. The van der Waals surface area contributed by atoms with Crippen molar-refractivity contribution in [1.82, 2.24) is 20.0 Å². The third-order valence-electron chi connectivity index (χ3n) is 2.91. The van der Waals surface area contributed by atoms with Gasteiger partial charge in [0.15, 0.2) is 5.69 Å². The Bertz CT molecular complexity index is 641. The van der Waals surface area contributed by atoms with Gasteiger partial charge in [0.25, 0.3) is 0 Å². The van der Waals surface area contributed by atoms with Gasteiger partial charge in [0.05, 0.1) is 12.2 Å². The Kier molecular flexibility index (Phi) is 3.57. The van der Waals surface area contributed by atoms with Gasteiger partial charge in [-0.15, -0.1) is 5.10 Å². The van der Waals surface area contributed by atoms with Gasteiger partial charge in [-0.3, -0.25) is 4.98 Å². The number of aryl methyl sites for hydroxylation is 1. The molecule has 0 amide bonds. The van der Waals surface area contributed by atoms with Gasteiger partial charge in [0, 0.05) is 17.8 Å². The van der Waals surface area contributed by atoms with Crippen molar-refractivity contribution in [3.8, 4) is 0 Å². The third-order valence-corrected chi connectivity index (χ3v) is 2.91. The van der Waals surface area contributed by atoms with Crippen molar-refractivity contribution in [3.05, 3.63) is 41.0 Å². The number of carboxylic acids is 1. The highest BCUT2D eigenvalue weighted by atomic mass is 16.4. The predicted molar refractivity (Wildman–Crippen MR) is 73.8 cm³/mol. The zero-order valence-electron chi connectivity index (χ0n) is 12.1. The molecule has 2 heterocycles. The summed E-state index contributed by atoms with van der Waals surface area (Å²) in [5, 5.41) is 17.0. The van der Waals surface area contributed by atoms with E-state index < -0.39 is 5.97 Å². The van der Waals surface area contributed by atoms with Crippen LogP contribution in [0.1, 0.15) is 48.1 Å². The minimum absolute atomic E-state index is 0.0121. The number of aromatic nitrogens is 4. The monoisotopic (exact) mass is 274 g/mol. The van der Waals surface area contributed by atoms with Gasteiger partial charge in [0.2, 0.25) is 0 Å². The van der Waals surface area contributed by atoms with Gasteiger partial charge in [-0.25, -0.2) is 9.48 Å². The average Bonchev–Trinajstić information content (AvgIpc) is 2.72. The quantitative estimate of drug-likeness (QED) is 0.926. The standard InChI is InChI=1S/C14H18N4O2/c1-9-5-10(7-15-6-9)8-18-12(14(2,3)4)11(13(19)20)16-17-18/h5-7H,8H2,1-4H3,(H,19,20). The third kappa shape index (κ3) is 2.84. The van der Waals surface area contributed by atoms with Crippen molar-refractivity contribution in [2.45, 2.75) is 39.7 Å². The maximum absolute atomic E-state index is 11.3. The molecule has 2 aromatic rings. The topological polar surface area (TPSA) is 80.9 Å². The molecule has 6 nitrogen and oxygen atoms in total. The zero-order chi connectivity index (χ0) is 14.9. The summed E-state index contributed by atoms with van der Waals surface area (Å²) in [6.07, 6.45) is 3.53. The second-order valence-electron chi connectivity index (χ2n) is 5.87. The molecule has 0 saturated heterocycles. The van der Waals surface area contributed by atoms with E-state index in [1.165, 1.54) is 0 Å². The highest BCUT2D eigenvalue weighted by Gasteiger charge is 2.28. The van der Waals surface area contributed by atoms with Crippen molar-refractivity contribution in [2.24, 2.45) is 0 Å². The van der Waals surface area contributed by atoms with E-state index in [-0.39, 0.29) is 11.1 Å². The van der Waals surface area contributed by atoms with Crippen LogP contribution in [0.4, 0.5) is 0 Å². The molecule has 106 valence electrons. The van der Waals surface area contributed by atoms with Crippen LogP contribution in [0.25, 0.3) is 0 Å². The summed E-state index contributed by atoms with van der Waals surface area (Å²) in [6.45, 7) is 8.27. The van der Waals surface area contributed by atoms with E-state index in [1.54, 1.807) is 17.1 Å². The van der Waals surface area contributed by atoms with Crippen molar-refractivity contribution in [1.29, 1.82) is 0 Å². The van der Waals surface area contributed by atoms with Gasteiger partial charge in [-0.05, 0) is 18.1 Å². The molecule has 0 unspecified atom stereocenters. The van der Waals surface area contributed by atoms with Gasteiger partial charge in [0.1, 0.15) is 0 Å². The molecule has 0 fully saturated rings. The Morgan fingerprint density at radius 2 is 2.05 bits per heavy atom. The number of nitrogens with zero attached hydrogens (tertiary/aromatic N) is 4. The SMILES string of the molecule is Cc1cncc(Cn2nnc(C(=O)O)c2C(C)(C)C)c1. The van der Waals surface area contributed by atoms with E-state index >= 15 is 0 Å². The number of carboxylic acid groups (broad SMARTS) is 1. The molecule has 2 aromatic heterocycles. The van der Waals surface area contributed by atoms with E-state index in [9.17, 15) is 9.90 Å². The Morgan fingerprint density at radius 1 is 1.35 bits per heavy atom. The largest absolute Gasteiger partial charge is 0.476 e. The zero-order valence-corrected chi connectivity index (χ0v) is 12.1. The molecule has 0 aliphatic rings. The molecule has 0 saturated carbocycles. The second-order valence-corrected chi connectivity index (χ2v) is 5.87. The summed E-state index contributed by atoms with van der Waals surface area (Å²) in [5.74, 6) is -1.05.